The number of carboxylic acids is 1. The molecular weight excluding hydrogens is 242 g/mol. The third-order valence-electron chi connectivity index (χ3n) is 3.69. The van der Waals surface area contributed by atoms with Gasteiger partial charge in [-0.1, -0.05) is 25.1 Å². The van der Waals surface area contributed by atoms with E-state index in [2.05, 4.69) is 0 Å². The van der Waals surface area contributed by atoms with Crippen LogP contribution in [-0.4, -0.2) is 35.0 Å². The van der Waals surface area contributed by atoms with Crippen LogP contribution in [0.4, 0.5) is 0 Å². The Labute approximate surface area is 113 Å². The number of rotatable bonds is 3. The normalized spacial score (nSPS) is 19.2. The van der Waals surface area contributed by atoms with Crippen LogP contribution in [0, 0.1) is 5.92 Å². The molecule has 4 nitrogen and oxygen atoms in total. The highest BCUT2D eigenvalue weighted by atomic mass is 16.4. The predicted octanol–water partition coefficient (Wildman–Crippen LogP) is 2.19. The van der Waals surface area contributed by atoms with E-state index in [1.807, 2.05) is 31.2 Å². The second kappa shape index (κ2) is 5.87. The van der Waals surface area contributed by atoms with Crippen LogP contribution in [0.5, 0.6) is 0 Å². The van der Waals surface area contributed by atoms with Gasteiger partial charge in [-0.2, -0.15) is 0 Å². The van der Waals surface area contributed by atoms with E-state index in [-0.39, 0.29) is 5.91 Å². The van der Waals surface area contributed by atoms with E-state index in [9.17, 15) is 9.59 Å². The first-order valence-corrected chi connectivity index (χ1v) is 6.73. The fourth-order valence-corrected chi connectivity index (χ4v) is 2.57. The molecule has 1 heterocycles. The number of piperidine rings is 1. The van der Waals surface area contributed by atoms with Crippen molar-refractivity contribution in [3.05, 3.63) is 35.4 Å². The van der Waals surface area contributed by atoms with Crippen LogP contribution in [0.3, 0.4) is 0 Å². The first kappa shape index (κ1) is 13.6. The van der Waals surface area contributed by atoms with Gasteiger partial charge < -0.3 is 10.0 Å². The van der Waals surface area contributed by atoms with Gasteiger partial charge in [0.15, 0.2) is 0 Å². The van der Waals surface area contributed by atoms with Crippen LogP contribution >= 0.6 is 0 Å². The summed E-state index contributed by atoms with van der Waals surface area (Å²) in [6.07, 6.45) is 2.23. The molecule has 2 rings (SSSR count). The number of carbonyl (C=O) groups is 2. The zero-order chi connectivity index (χ0) is 13.8. The Morgan fingerprint density at radius 2 is 2.11 bits per heavy atom. The number of benzene rings is 1. The molecule has 1 aliphatic rings. The predicted molar refractivity (Wildman–Crippen MR) is 72.1 cm³/mol. The lowest BCUT2D eigenvalue weighted by Crippen LogP contribution is -2.42. The minimum absolute atomic E-state index is 0.0385. The number of likely N-dealkylation sites (tertiary alicyclic amines) is 1. The van der Waals surface area contributed by atoms with E-state index in [0.29, 0.717) is 25.1 Å². The largest absolute Gasteiger partial charge is 0.481 e. The Kier molecular flexibility index (Phi) is 4.20. The molecule has 0 spiro atoms. The summed E-state index contributed by atoms with van der Waals surface area (Å²) in [5.74, 6) is -1.27. The highest BCUT2D eigenvalue weighted by Gasteiger charge is 2.29. The average molecular weight is 261 g/mol. The van der Waals surface area contributed by atoms with E-state index < -0.39 is 11.9 Å². The van der Waals surface area contributed by atoms with Gasteiger partial charge in [0.2, 0.25) is 0 Å². The van der Waals surface area contributed by atoms with Gasteiger partial charge in [-0.25, -0.2) is 0 Å². The molecule has 0 aliphatic carbocycles. The maximum absolute atomic E-state index is 12.5. The van der Waals surface area contributed by atoms with Crippen molar-refractivity contribution in [3.63, 3.8) is 0 Å². The molecule has 19 heavy (non-hydrogen) atoms. The first-order valence-electron chi connectivity index (χ1n) is 6.73. The number of hydrogen-bond donors (Lipinski definition) is 1. The van der Waals surface area contributed by atoms with Gasteiger partial charge in [-0.3, -0.25) is 9.59 Å². The number of carbonyl (C=O) groups excluding carboxylic acids is 1. The fraction of sp³-hybridized carbons (Fsp3) is 0.467. The van der Waals surface area contributed by atoms with E-state index in [1.54, 1.807) is 4.90 Å². The Morgan fingerprint density at radius 1 is 1.37 bits per heavy atom. The molecule has 0 saturated carbocycles. The van der Waals surface area contributed by atoms with Crippen molar-refractivity contribution in [2.45, 2.75) is 26.2 Å². The van der Waals surface area contributed by atoms with E-state index in [0.717, 1.165) is 18.4 Å². The number of nitrogens with zero attached hydrogens (tertiary/aromatic N) is 1. The number of amides is 1. The Morgan fingerprint density at radius 3 is 2.79 bits per heavy atom. The molecule has 1 aromatic rings. The number of hydrogen-bond acceptors (Lipinski definition) is 2. The lowest BCUT2D eigenvalue weighted by molar-refractivity contribution is -0.143. The minimum Gasteiger partial charge on any atom is -0.481 e. The van der Waals surface area contributed by atoms with Crippen molar-refractivity contribution < 1.29 is 14.7 Å². The van der Waals surface area contributed by atoms with Gasteiger partial charge in [0, 0.05) is 18.7 Å². The summed E-state index contributed by atoms with van der Waals surface area (Å²) >= 11 is 0. The topological polar surface area (TPSA) is 57.6 Å². The van der Waals surface area contributed by atoms with Crippen LogP contribution in [0.25, 0.3) is 0 Å². The second-order valence-corrected chi connectivity index (χ2v) is 4.94. The van der Waals surface area contributed by atoms with Gasteiger partial charge in [0.25, 0.3) is 5.91 Å². The summed E-state index contributed by atoms with van der Waals surface area (Å²) < 4.78 is 0. The molecule has 0 unspecified atom stereocenters. The van der Waals surface area contributed by atoms with Crippen LogP contribution in [0.15, 0.2) is 24.3 Å². The van der Waals surface area contributed by atoms with Crippen molar-refractivity contribution >= 4 is 11.9 Å². The average Bonchev–Trinajstić information content (AvgIpc) is 2.46. The second-order valence-electron chi connectivity index (χ2n) is 4.94. The molecule has 1 fully saturated rings. The van der Waals surface area contributed by atoms with Crippen molar-refractivity contribution in [1.29, 1.82) is 0 Å². The maximum Gasteiger partial charge on any atom is 0.308 e. The minimum atomic E-state index is -0.804. The van der Waals surface area contributed by atoms with Crippen LogP contribution in [0.2, 0.25) is 0 Å². The van der Waals surface area contributed by atoms with Crippen molar-refractivity contribution in [2.75, 3.05) is 13.1 Å². The SMILES string of the molecule is CCc1ccccc1C(=O)N1CCC[C@@H](C(=O)O)C1. The summed E-state index contributed by atoms with van der Waals surface area (Å²) in [6, 6.07) is 7.55. The Balaban J connectivity index is 2.17. The highest BCUT2D eigenvalue weighted by Crippen LogP contribution is 2.20. The summed E-state index contributed by atoms with van der Waals surface area (Å²) in [5.41, 5.74) is 1.72. The van der Waals surface area contributed by atoms with E-state index in [1.165, 1.54) is 0 Å². The number of carboxylic acid groups (broad SMARTS) is 1. The Bertz CT molecular complexity index is 484. The van der Waals surface area contributed by atoms with Gasteiger partial charge in [0.1, 0.15) is 0 Å². The van der Waals surface area contributed by atoms with E-state index >= 15 is 0 Å². The van der Waals surface area contributed by atoms with E-state index in [4.69, 9.17) is 5.11 Å². The highest BCUT2D eigenvalue weighted by molar-refractivity contribution is 5.96. The van der Waals surface area contributed by atoms with Crippen LogP contribution < -0.4 is 0 Å². The van der Waals surface area contributed by atoms with Crippen molar-refractivity contribution in [3.8, 4) is 0 Å². The summed E-state index contributed by atoms with van der Waals surface area (Å²) in [7, 11) is 0. The molecule has 1 aromatic carbocycles. The third-order valence-corrected chi connectivity index (χ3v) is 3.69. The molecule has 0 aromatic heterocycles. The van der Waals surface area contributed by atoms with Gasteiger partial charge in [-0.15, -0.1) is 0 Å². The number of aryl methyl sites for hydroxylation is 1. The van der Waals surface area contributed by atoms with Crippen molar-refractivity contribution in [1.82, 2.24) is 4.90 Å². The molecule has 0 bridgehead atoms. The zero-order valence-electron chi connectivity index (χ0n) is 11.1. The molecule has 1 amide bonds. The molecule has 1 N–H and O–H groups in total. The molecule has 0 radical (unpaired) electrons. The summed E-state index contributed by atoms with van der Waals surface area (Å²) in [4.78, 5) is 25.2. The third kappa shape index (κ3) is 2.95. The van der Waals surface area contributed by atoms with Crippen LogP contribution in [0.1, 0.15) is 35.7 Å². The monoisotopic (exact) mass is 261 g/mol. The lowest BCUT2D eigenvalue weighted by Gasteiger charge is -2.31. The van der Waals surface area contributed by atoms with Gasteiger partial charge in [0.05, 0.1) is 5.92 Å². The van der Waals surface area contributed by atoms with Gasteiger partial charge in [-0.05, 0) is 30.9 Å². The maximum atomic E-state index is 12.5. The molecule has 4 heteroatoms. The molecular formula is C15H19NO3. The molecule has 1 saturated heterocycles. The fourth-order valence-electron chi connectivity index (χ4n) is 2.57. The van der Waals surface area contributed by atoms with Gasteiger partial charge >= 0.3 is 5.97 Å². The summed E-state index contributed by atoms with van der Waals surface area (Å²) in [6.45, 7) is 3.00. The smallest absolute Gasteiger partial charge is 0.308 e. The standard InChI is InChI=1S/C15H19NO3/c1-2-11-6-3-4-8-13(11)14(17)16-9-5-7-12(10-16)15(18)19/h3-4,6,8,12H,2,5,7,9-10H2,1H3,(H,18,19)/t12-/m1/s1. The van der Waals surface area contributed by atoms with Crippen molar-refractivity contribution in [2.24, 2.45) is 5.92 Å². The first-order chi connectivity index (χ1) is 9.13. The van der Waals surface area contributed by atoms with Crippen LogP contribution in [-0.2, 0) is 11.2 Å². The quantitative estimate of drug-likeness (QED) is 0.907. The zero-order valence-corrected chi connectivity index (χ0v) is 11.1. The number of aliphatic carboxylic acids is 1. The lowest BCUT2D eigenvalue weighted by atomic mass is 9.96. The molecule has 1 atom stereocenters. The molecule has 1 aliphatic heterocycles. The summed E-state index contributed by atoms with van der Waals surface area (Å²) in [5, 5.41) is 9.07. The Hall–Kier alpha value is -1.84. The molecule has 102 valence electrons.